The first-order chi connectivity index (χ1) is 9.17. The summed E-state index contributed by atoms with van der Waals surface area (Å²) < 4.78 is 1.91. The van der Waals surface area contributed by atoms with Gasteiger partial charge < -0.3 is 14.6 Å². The molecular formula is C15H24N2O2. The van der Waals surface area contributed by atoms with Gasteiger partial charge in [0.05, 0.1) is 6.61 Å². The molecule has 0 radical (unpaired) electrons. The van der Waals surface area contributed by atoms with Gasteiger partial charge >= 0.3 is 0 Å². The molecule has 1 N–H and O–H groups in total. The minimum Gasteiger partial charge on any atom is -0.391 e. The predicted octanol–water partition coefficient (Wildman–Crippen LogP) is 1.52. The van der Waals surface area contributed by atoms with Crippen molar-refractivity contribution in [2.24, 2.45) is 0 Å². The Morgan fingerprint density at radius 3 is 2.84 bits per heavy atom. The zero-order valence-corrected chi connectivity index (χ0v) is 12.0. The molecule has 0 bridgehead atoms. The molecule has 0 fully saturated rings. The molecule has 1 aromatic rings. The molecule has 0 aromatic carbocycles. The first-order valence-corrected chi connectivity index (χ1v) is 7.21. The van der Waals surface area contributed by atoms with E-state index in [1.807, 2.05) is 10.6 Å². The minimum atomic E-state index is -0.163. The van der Waals surface area contributed by atoms with E-state index in [0.29, 0.717) is 5.56 Å². The third-order valence-corrected chi connectivity index (χ3v) is 3.89. The lowest BCUT2D eigenvalue weighted by atomic mass is 10.0. The van der Waals surface area contributed by atoms with E-state index >= 15 is 0 Å². The maximum atomic E-state index is 12.3. The molecule has 19 heavy (non-hydrogen) atoms. The van der Waals surface area contributed by atoms with Gasteiger partial charge in [-0.1, -0.05) is 19.8 Å². The second-order valence-electron chi connectivity index (χ2n) is 5.45. The van der Waals surface area contributed by atoms with Crippen molar-refractivity contribution in [1.82, 2.24) is 9.47 Å². The number of aliphatic hydroxyl groups excluding tert-OH is 1. The van der Waals surface area contributed by atoms with E-state index < -0.39 is 0 Å². The number of pyridine rings is 1. The molecule has 4 heteroatoms. The van der Waals surface area contributed by atoms with Crippen LogP contribution in [0.15, 0.2) is 10.9 Å². The average Bonchev–Trinajstić information content (AvgIpc) is 2.41. The fourth-order valence-electron chi connectivity index (χ4n) is 2.79. The van der Waals surface area contributed by atoms with Gasteiger partial charge in [-0.15, -0.1) is 0 Å². The van der Waals surface area contributed by atoms with E-state index in [2.05, 4.69) is 18.9 Å². The second kappa shape index (κ2) is 6.35. The van der Waals surface area contributed by atoms with E-state index in [9.17, 15) is 9.90 Å². The molecule has 1 aromatic heterocycles. The van der Waals surface area contributed by atoms with Crippen LogP contribution in [-0.2, 0) is 26.1 Å². The van der Waals surface area contributed by atoms with E-state index in [0.717, 1.165) is 45.3 Å². The molecular weight excluding hydrogens is 240 g/mol. The monoisotopic (exact) mass is 264 g/mol. The van der Waals surface area contributed by atoms with Crippen molar-refractivity contribution >= 4 is 0 Å². The Hall–Kier alpha value is -1.13. The highest BCUT2D eigenvalue weighted by Crippen LogP contribution is 2.18. The summed E-state index contributed by atoms with van der Waals surface area (Å²) in [6.45, 7) is 4.66. The summed E-state index contributed by atoms with van der Waals surface area (Å²) in [4.78, 5) is 14.6. The molecule has 0 atom stereocenters. The van der Waals surface area contributed by atoms with E-state index in [-0.39, 0.29) is 12.2 Å². The SMILES string of the molecule is CCCCCn1c2c(cc(CO)c1=O)CN(C)CC2. The molecule has 0 amide bonds. The van der Waals surface area contributed by atoms with Gasteiger partial charge in [0.25, 0.3) is 5.56 Å². The lowest BCUT2D eigenvalue weighted by molar-refractivity contribution is 0.274. The molecule has 0 spiro atoms. The first kappa shape index (κ1) is 14.3. The number of hydrogen-bond donors (Lipinski definition) is 1. The van der Waals surface area contributed by atoms with Crippen molar-refractivity contribution in [1.29, 1.82) is 0 Å². The lowest BCUT2D eigenvalue weighted by Gasteiger charge is -2.28. The van der Waals surface area contributed by atoms with Crippen molar-refractivity contribution < 1.29 is 5.11 Å². The van der Waals surface area contributed by atoms with Gasteiger partial charge in [-0.05, 0) is 25.1 Å². The highest BCUT2D eigenvalue weighted by molar-refractivity contribution is 5.28. The highest BCUT2D eigenvalue weighted by Gasteiger charge is 2.19. The van der Waals surface area contributed by atoms with Crippen LogP contribution in [0.2, 0.25) is 0 Å². The maximum Gasteiger partial charge on any atom is 0.256 e. The average molecular weight is 264 g/mol. The van der Waals surface area contributed by atoms with Gasteiger partial charge in [0.1, 0.15) is 0 Å². The van der Waals surface area contributed by atoms with Crippen LogP contribution in [0.25, 0.3) is 0 Å². The molecule has 2 heterocycles. The normalized spacial score (nSPS) is 15.5. The number of nitrogens with zero attached hydrogens (tertiary/aromatic N) is 2. The largest absolute Gasteiger partial charge is 0.391 e. The summed E-state index contributed by atoms with van der Waals surface area (Å²) in [5, 5.41) is 9.36. The van der Waals surface area contributed by atoms with Gasteiger partial charge in [0.15, 0.2) is 0 Å². The van der Waals surface area contributed by atoms with Crippen LogP contribution in [0.4, 0.5) is 0 Å². The fraction of sp³-hybridized carbons (Fsp3) is 0.667. The molecule has 106 valence electrons. The highest BCUT2D eigenvalue weighted by atomic mass is 16.3. The first-order valence-electron chi connectivity index (χ1n) is 7.21. The van der Waals surface area contributed by atoms with Gasteiger partial charge in [0, 0.05) is 37.3 Å². The Labute approximate surface area is 114 Å². The van der Waals surface area contributed by atoms with Crippen LogP contribution >= 0.6 is 0 Å². The second-order valence-corrected chi connectivity index (χ2v) is 5.45. The van der Waals surface area contributed by atoms with Crippen molar-refractivity contribution in [2.75, 3.05) is 13.6 Å². The molecule has 4 nitrogen and oxygen atoms in total. The predicted molar refractivity (Wildman–Crippen MR) is 76.2 cm³/mol. The smallest absolute Gasteiger partial charge is 0.256 e. The lowest BCUT2D eigenvalue weighted by Crippen LogP contribution is -2.35. The fourth-order valence-corrected chi connectivity index (χ4v) is 2.79. The number of likely N-dealkylation sites (N-methyl/N-ethyl adjacent to an activating group) is 1. The molecule has 0 aliphatic carbocycles. The van der Waals surface area contributed by atoms with Crippen LogP contribution in [0, 0.1) is 0 Å². The maximum absolute atomic E-state index is 12.3. The van der Waals surface area contributed by atoms with Gasteiger partial charge in [-0.25, -0.2) is 0 Å². The number of rotatable bonds is 5. The third kappa shape index (κ3) is 3.07. The van der Waals surface area contributed by atoms with E-state index in [4.69, 9.17) is 0 Å². The number of aromatic nitrogens is 1. The summed E-state index contributed by atoms with van der Waals surface area (Å²) in [5.74, 6) is 0. The minimum absolute atomic E-state index is 0.00176. The number of aliphatic hydroxyl groups is 1. The summed E-state index contributed by atoms with van der Waals surface area (Å²) in [6.07, 6.45) is 4.26. The Morgan fingerprint density at radius 1 is 1.37 bits per heavy atom. The zero-order valence-electron chi connectivity index (χ0n) is 12.0. The standard InChI is InChI=1S/C15H24N2O2/c1-3-4-5-7-17-14-6-8-16(2)10-12(14)9-13(11-18)15(17)19/h9,18H,3-8,10-11H2,1-2H3. The topological polar surface area (TPSA) is 45.5 Å². The summed E-state index contributed by atoms with van der Waals surface area (Å²) >= 11 is 0. The quantitative estimate of drug-likeness (QED) is 0.820. The van der Waals surface area contributed by atoms with Crippen LogP contribution < -0.4 is 5.56 Å². The van der Waals surface area contributed by atoms with E-state index in [1.54, 1.807) is 0 Å². The molecule has 2 rings (SSSR count). The molecule has 0 saturated heterocycles. The molecule has 1 aliphatic rings. The van der Waals surface area contributed by atoms with Crippen molar-refractivity contribution in [3.05, 3.63) is 33.2 Å². The van der Waals surface area contributed by atoms with Gasteiger partial charge in [-0.2, -0.15) is 0 Å². The Morgan fingerprint density at radius 2 is 2.16 bits per heavy atom. The van der Waals surface area contributed by atoms with Crippen LogP contribution in [-0.4, -0.2) is 28.2 Å². The Bertz CT molecular complexity index is 494. The Balaban J connectivity index is 2.38. The third-order valence-electron chi connectivity index (χ3n) is 3.89. The van der Waals surface area contributed by atoms with Crippen molar-refractivity contribution in [3.8, 4) is 0 Å². The molecule has 1 aliphatic heterocycles. The summed E-state index contributed by atoms with van der Waals surface area (Å²) in [5.41, 5.74) is 2.91. The zero-order chi connectivity index (χ0) is 13.8. The summed E-state index contributed by atoms with van der Waals surface area (Å²) in [7, 11) is 2.09. The van der Waals surface area contributed by atoms with Gasteiger partial charge in [0.2, 0.25) is 0 Å². The molecule has 0 unspecified atom stereocenters. The van der Waals surface area contributed by atoms with Crippen LogP contribution in [0.1, 0.15) is 43.0 Å². The van der Waals surface area contributed by atoms with E-state index in [1.165, 1.54) is 11.3 Å². The summed E-state index contributed by atoms with van der Waals surface area (Å²) in [6, 6.07) is 1.89. The van der Waals surface area contributed by atoms with Crippen molar-refractivity contribution in [2.45, 2.75) is 52.3 Å². The molecule has 0 saturated carbocycles. The van der Waals surface area contributed by atoms with Crippen LogP contribution in [0.3, 0.4) is 0 Å². The Kier molecular flexibility index (Phi) is 4.77. The van der Waals surface area contributed by atoms with Crippen LogP contribution in [0.5, 0.6) is 0 Å². The number of fused-ring (bicyclic) bond motifs is 1. The van der Waals surface area contributed by atoms with Gasteiger partial charge in [-0.3, -0.25) is 4.79 Å². The number of hydrogen-bond acceptors (Lipinski definition) is 3. The van der Waals surface area contributed by atoms with Crippen molar-refractivity contribution in [3.63, 3.8) is 0 Å². The number of unbranched alkanes of at least 4 members (excludes halogenated alkanes) is 2.